The number of aliphatic hydroxyl groups excluding tert-OH is 1. The molecule has 0 radical (unpaired) electrons. The van der Waals surface area contributed by atoms with Crippen molar-refractivity contribution in [3.8, 4) is 5.75 Å². The highest BCUT2D eigenvalue weighted by Crippen LogP contribution is 2.30. The summed E-state index contributed by atoms with van der Waals surface area (Å²) >= 11 is 3.19. The summed E-state index contributed by atoms with van der Waals surface area (Å²) in [6.07, 6.45) is -1.37. The van der Waals surface area contributed by atoms with Crippen LogP contribution in [-0.4, -0.2) is 12.2 Å². The van der Waals surface area contributed by atoms with E-state index >= 15 is 0 Å². The van der Waals surface area contributed by atoms with Crippen molar-refractivity contribution in [2.24, 2.45) is 0 Å². The van der Waals surface area contributed by atoms with E-state index in [9.17, 15) is 13.9 Å². The predicted octanol–water partition coefficient (Wildman–Crippen LogP) is 3.82. The molecular formula is C14H11BrF2O2. The molecule has 0 saturated carbocycles. The number of benzene rings is 2. The quantitative estimate of drug-likeness (QED) is 0.928. The van der Waals surface area contributed by atoms with E-state index in [2.05, 4.69) is 15.9 Å². The van der Waals surface area contributed by atoms with Gasteiger partial charge in [0, 0.05) is 21.7 Å². The number of halogens is 3. The maximum Gasteiger partial charge on any atom is 0.133 e. The Kier molecular flexibility index (Phi) is 4.17. The molecule has 0 aliphatic rings. The highest BCUT2D eigenvalue weighted by atomic mass is 79.9. The van der Waals surface area contributed by atoms with Gasteiger partial charge in [-0.25, -0.2) is 8.78 Å². The van der Waals surface area contributed by atoms with Crippen LogP contribution in [0, 0.1) is 11.6 Å². The van der Waals surface area contributed by atoms with Crippen LogP contribution in [0.1, 0.15) is 17.2 Å². The summed E-state index contributed by atoms with van der Waals surface area (Å²) in [6.45, 7) is 0. The summed E-state index contributed by atoms with van der Waals surface area (Å²) in [5, 5.41) is 10.1. The monoisotopic (exact) mass is 328 g/mol. The number of ether oxygens (including phenoxy) is 1. The van der Waals surface area contributed by atoms with Crippen LogP contribution in [0.25, 0.3) is 0 Å². The molecule has 2 rings (SSSR count). The molecule has 0 bridgehead atoms. The largest absolute Gasteiger partial charge is 0.497 e. The molecule has 2 nitrogen and oxygen atoms in total. The van der Waals surface area contributed by atoms with Crippen LogP contribution in [0.4, 0.5) is 8.78 Å². The zero-order chi connectivity index (χ0) is 14.0. The first kappa shape index (κ1) is 14.0. The van der Waals surface area contributed by atoms with Gasteiger partial charge in [-0.15, -0.1) is 0 Å². The standard InChI is InChI=1S/C14H11BrF2O2/c1-19-9-3-4-10(13(17)7-9)14(18)11-6-8(15)2-5-12(11)16/h2-7,14,18H,1H3. The van der Waals surface area contributed by atoms with Crippen molar-refractivity contribution in [3.05, 3.63) is 63.6 Å². The molecule has 0 aliphatic carbocycles. The van der Waals surface area contributed by atoms with Crippen LogP contribution < -0.4 is 4.74 Å². The van der Waals surface area contributed by atoms with E-state index in [1.54, 1.807) is 0 Å². The van der Waals surface area contributed by atoms with Gasteiger partial charge < -0.3 is 9.84 Å². The molecule has 0 saturated heterocycles. The van der Waals surface area contributed by atoms with E-state index in [1.807, 2.05) is 0 Å². The van der Waals surface area contributed by atoms with Crippen molar-refractivity contribution in [2.75, 3.05) is 7.11 Å². The third kappa shape index (κ3) is 2.93. The Morgan fingerprint density at radius 3 is 2.42 bits per heavy atom. The van der Waals surface area contributed by atoms with Gasteiger partial charge in [0.25, 0.3) is 0 Å². The van der Waals surface area contributed by atoms with Crippen molar-refractivity contribution in [1.29, 1.82) is 0 Å². The SMILES string of the molecule is COc1ccc(C(O)c2cc(Br)ccc2F)c(F)c1. The van der Waals surface area contributed by atoms with Crippen LogP contribution in [0.3, 0.4) is 0 Å². The fourth-order valence-electron chi connectivity index (χ4n) is 1.75. The predicted molar refractivity (Wildman–Crippen MR) is 71.1 cm³/mol. The molecule has 100 valence electrons. The first-order chi connectivity index (χ1) is 9.02. The smallest absolute Gasteiger partial charge is 0.133 e. The van der Waals surface area contributed by atoms with E-state index < -0.39 is 17.7 Å². The second-order valence-corrected chi connectivity index (χ2v) is 4.87. The summed E-state index contributed by atoms with van der Waals surface area (Å²) < 4.78 is 33.0. The van der Waals surface area contributed by atoms with E-state index in [0.29, 0.717) is 10.2 Å². The number of rotatable bonds is 3. The van der Waals surface area contributed by atoms with E-state index in [1.165, 1.54) is 37.4 Å². The molecule has 0 heterocycles. The lowest BCUT2D eigenvalue weighted by Gasteiger charge is -2.14. The summed E-state index contributed by atoms with van der Waals surface area (Å²) in [5.74, 6) is -0.902. The highest BCUT2D eigenvalue weighted by Gasteiger charge is 2.19. The van der Waals surface area contributed by atoms with Gasteiger partial charge in [-0.3, -0.25) is 0 Å². The Labute approximate surface area is 117 Å². The molecule has 0 aliphatic heterocycles. The maximum atomic E-state index is 13.8. The third-order valence-electron chi connectivity index (χ3n) is 2.75. The molecule has 1 atom stereocenters. The summed E-state index contributed by atoms with van der Waals surface area (Å²) in [6, 6.07) is 8.18. The van der Waals surface area contributed by atoms with Gasteiger partial charge in [0.15, 0.2) is 0 Å². The minimum Gasteiger partial charge on any atom is -0.497 e. The number of hydrogen-bond donors (Lipinski definition) is 1. The molecular weight excluding hydrogens is 318 g/mol. The molecule has 0 fully saturated rings. The third-order valence-corrected chi connectivity index (χ3v) is 3.25. The number of hydrogen-bond acceptors (Lipinski definition) is 2. The van der Waals surface area contributed by atoms with Crippen LogP contribution in [0.5, 0.6) is 5.75 Å². The number of methoxy groups -OCH3 is 1. The number of aliphatic hydroxyl groups is 1. The van der Waals surface area contributed by atoms with Gasteiger partial charge in [-0.1, -0.05) is 15.9 Å². The average molecular weight is 329 g/mol. The lowest BCUT2D eigenvalue weighted by atomic mass is 10.0. The normalized spacial score (nSPS) is 12.3. The zero-order valence-corrected chi connectivity index (χ0v) is 11.6. The molecule has 0 amide bonds. The van der Waals surface area contributed by atoms with Gasteiger partial charge in [0.1, 0.15) is 23.5 Å². The lowest BCUT2D eigenvalue weighted by Crippen LogP contribution is -2.05. The zero-order valence-electron chi connectivity index (χ0n) is 10.0. The molecule has 2 aromatic rings. The fourth-order valence-corrected chi connectivity index (χ4v) is 2.13. The van der Waals surface area contributed by atoms with Crippen LogP contribution >= 0.6 is 15.9 Å². The molecule has 1 unspecified atom stereocenters. The van der Waals surface area contributed by atoms with Crippen molar-refractivity contribution >= 4 is 15.9 Å². The molecule has 0 aromatic heterocycles. The van der Waals surface area contributed by atoms with Gasteiger partial charge in [-0.2, -0.15) is 0 Å². The maximum absolute atomic E-state index is 13.8. The van der Waals surface area contributed by atoms with E-state index in [4.69, 9.17) is 4.74 Å². The molecule has 0 spiro atoms. The first-order valence-corrected chi connectivity index (χ1v) is 6.28. The molecule has 1 N–H and O–H groups in total. The summed E-state index contributed by atoms with van der Waals surface area (Å²) in [4.78, 5) is 0. The van der Waals surface area contributed by atoms with Gasteiger partial charge in [-0.05, 0) is 30.3 Å². The topological polar surface area (TPSA) is 29.5 Å². The Hall–Kier alpha value is -1.46. The molecule has 2 aromatic carbocycles. The van der Waals surface area contributed by atoms with Crippen LogP contribution in [0.2, 0.25) is 0 Å². The minimum absolute atomic E-state index is 0.00204. The van der Waals surface area contributed by atoms with Crippen molar-refractivity contribution in [1.82, 2.24) is 0 Å². The molecule has 5 heteroatoms. The summed E-state index contributed by atoms with van der Waals surface area (Å²) in [5.41, 5.74) is 0.0104. The van der Waals surface area contributed by atoms with Crippen molar-refractivity contribution < 1.29 is 18.6 Å². The fraction of sp³-hybridized carbons (Fsp3) is 0.143. The minimum atomic E-state index is -1.37. The van der Waals surface area contributed by atoms with Gasteiger partial charge in [0.05, 0.1) is 7.11 Å². The summed E-state index contributed by atoms with van der Waals surface area (Å²) in [7, 11) is 1.42. The van der Waals surface area contributed by atoms with E-state index in [-0.39, 0.29) is 11.1 Å². The second kappa shape index (κ2) is 5.67. The molecule has 19 heavy (non-hydrogen) atoms. The Balaban J connectivity index is 2.43. The highest BCUT2D eigenvalue weighted by molar-refractivity contribution is 9.10. The van der Waals surface area contributed by atoms with Gasteiger partial charge in [0.2, 0.25) is 0 Å². The van der Waals surface area contributed by atoms with Crippen LogP contribution in [-0.2, 0) is 0 Å². The second-order valence-electron chi connectivity index (χ2n) is 3.96. The van der Waals surface area contributed by atoms with E-state index in [0.717, 1.165) is 6.07 Å². The Morgan fingerprint density at radius 2 is 1.79 bits per heavy atom. The average Bonchev–Trinajstić information content (AvgIpc) is 2.40. The van der Waals surface area contributed by atoms with Crippen molar-refractivity contribution in [3.63, 3.8) is 0 Å². The first-order valence-electron chi connectivity index (χ1n) is 5.49. The van der Waals surface area contributed by atoms with Crippen molar-refractivity contribution in [2.45, 2.75) is 6.10 Å². The van der Waals surface area contributed by atoms with Crippen LogP contribution in [0.15, 0.2) is 40.9 Å². The Bertz CT molecular complexity index is 602. The lowest BCUT2D eigenvalue weighted by molar-refractivity contribution is 0.209. The van der Waals surface area contributed by atoms with Gasteiger partial charge >= 0.3 is 0 Å². The Morgan fingerprint density at radius 1 is 1.05 bits per heavy atom.